The van der Waals surface area contributed by atoms with Crippen LogP contribution in [0.5, 0.6) is 0 Å². The summed E-state index contributed by atoms with van der Waals surface area (Å²) in [5.74, 6) is -0.408. The Balaban J connectivity index is 1.49. The topological polar surface area (TPSA) is 69.7 Å². The number of carbonyl (C=O) groups excluding carboxylic acids is 1. The molecule has 3 rings (SSSR count). The van der Waals surface area contributed by atoms with Crippen LogP contribution in [0.3, 0.4) is 0 Å². The summed E-state index contributed by atoms with van der Waals surface area (Å²) in [6.07, 6.45) is 0.834. The summed E-state index contributed by atoms with van der Waals surface area (Å²) in [5, 5.41) is 1.14. The number of hydrogen-bond donors (Lipinski definition) is 0. The molecule has 0 aliphatic rings. The van der Waals surface area contributed by atoms with Crippen molar-refractivity contribution in [2.24, 2.45) is 0 Å². The molecule has 0 unspecified atom stereocenters. The summed E-state index contributed by atoms with van der Waals surface area (Å²) in [6, 6.07) is 19.3. The summed E-state index contributed by atoms with van der Waals surface area (Å²) >= 11 is 12.6. The smallest absolute Gasteiger partial charge is 0.310 e. The second kappa shape index (κ2) is 11.7. The number of halogens is 2. The first-order valence-electron chi connectivity index (χ1n) is 10.4. The minimum atomic E-state index is -3.83. The maximum atomic E-state index is 12.3. The van der Waals surface area contributed by atoms with Crippen LogP contribution in [0.25, 0.3) is 0 Å². The zero-order valence-electron chi connectivity index (χ0n) is 18.1. The standard InChI is InChI=1S/C25H24Cl2O5S/c1-18-10-12-21(13-11-18)33(29,30)32-15-5-14-31-25(28)17-20-7-3-2-6-19(20)16-22-23(26)8-4-9-24(22)27/h2-4,6-13H,5,14-17H2,1H3. The lowest BCUT2D eigenvalue weighted by molar-refractivity contribution is -0.143. The number of ether oxygens (including phenoxy) is 1. The summed E-state index contributed by atoms with van der Waals surface area (Å²) in [5.41, 5.74) is 3.50. The molecule has 0 saturated carbocycles. The predicted molar refractivity (Wildman–Crippen MR) is 129 cm³/mol. The van der Waals surface area contributed by atoms with E-state index < -0.39 is 16.1 Å². The van der Waals surface area contributed by atoms with Crippen molar-refractivity contribution in [1.29, 1.82) is 0 Å². The molecule has 0 aliphatic heterocycles. The van der Waals surface area contributed by atoms with Gasteiger partial charge in [0.05, 0.1) is 24.5 Å². The second-order valence-corrected chi connectivity index (χ2v) is 9.92. The molecular formula is C25H24Cl2O5S. The van der Waals surface area contributed by atoms with E-state index in [9.17, 15) is 13.2 Å². The van der Waals surface area contributed by atoms with E-state index in [0.717, 1.165) is 22.3 Å². The third-order valence-corrected chi connectivity index (χ3v) is 7.02. The van der Waals surface area contributed by atoms with Crippen molar-refractivity contribution in [2.75, 3.05) is 13.2 Å². The zero-order valence-corrected chi connectivity index (χ0v) is 20.4. The third kappa shape index (κ3) is 7.30. The third-order valence-electron chi connectivity index (χ3n) is 4.98. The summed E-state index contributed by atoms with van der Waals surface area (Å²) in [7, 11) is -3.83. The van der Waals surface area contributed by atoms with Crippen molar-refractivity contribution in [1.82, 2.24) is 0 Å². The Hall–Kier alpha value is -2.38. The van der Waals surface area contributed by atoms with E-state index in [1.165, 1.54) is 12.1 Å². The first kappa shape index (κ1) is 25.2. The lowest BCUT2D eigenvalue weighted by atomic mass is 9.98. The fourth-order valence-electron chi connectivity index (χ4n) is 3.19. The largest absolute Gasteiger partial charge is 0.465 e. The van der Waals surface area contributed by atoms with Crippen molar-refractivity contribution in [2.45, 2.75) is 31.1 Å². The molecule has 0 atom stereocenters. The summed E-state index contributed by atoms with van der Waals surface area (Å²) in [4.78, 5) is 12.4. The van der Waals surface area contributed by atoms with Crippen LogP contribution in [0, 0.1) is 6.92 Å². The minimum Gasteiger partial charge on any atom is -0.465 e. The van der Waals surface area contributed by atoms with Gasteiger partial charge in [-0.05, 0) is 47.9 Å². The molecule has 3 aromatic carbocycles. The molecule has 174 valence electrons. The second-order valence-electron chi connectivity index (χ2n) is 7.49. The molecule has 3 aromatic rings. The van der Waals surface area contributed by atoms with Gasteiger partial charge in [0.25, 0.3) is 10.1 Å². The molecular weight excluding hydrogens is 483 g/mol. The molecule has 0 aromatic heterocycles. The van der Waals surface area contributed by atoms with Crippen molar-refractivity contribution in [3.05, 3.63) is 99.0 Å². The molecule has 0 fully saturated rings. The average molecular weight is 507 g/mol. The van der Waals surface area contributed by atoms with E-state index in [4.69, 9.17) is 32.1 Å². The Kier molecular flexibility index (Phi) is 8.92. The first-order valence-corrected chi connectivity index (χ1v) is 12.5. The van der Waals surface area contributed by atoms with Gasteiger partial charge in [0.1, 0.15) is 0 Å². The number of aryl methyl sites for hydroxylation is 1. The molecule has 0 heterocycles. The maximum Gasteiger partial charge on any atom is 0.310 e. The molecule has 0 radical (unpaired) electrons. The quantitative estimate of drug-likeness (QED) is 0.198. The van der Waals surface area contributed by atoms with E-state index >= 15 is 0 Å². The highest BCUT2D eigenvalue weighted by Gasteiger charge is 2.15. The Bertz CT molecular complexity index is 1190. The SMILES string of the molecule is Cc1ccc(S(=O)(=O)OCCCOC(=O)Cc2ccccc2Cc2c(Cl)cccc2Cl)cc1. The highest BCUT2D eigenvalue weighted by atomic mass is 35.5. The lowest BCUT2D eigenvalue weighted by Gasteiger charge is -2.12. The van der Waals surface area contributed by atoms with Crippen LogP contribution < -0.4 is 0 Å². The van der Waals surface area contributed by atoms with E-state index in [0.29, 0.717) is 16.5 Å². The van der Waals surface area contributed by atoms with Gasteiger partial charge in [0, 0.05) is 22.9 Å². The normalized spacial score (nSPS) is 11.4. The number of rotatable bonds is 10. The number of hydrogen-bond acceptors (Lipinski definition) is 5. The molecule has 0 saturated heterocycles. The number of esters is 1. The van der Waals surface area contributed by atoms with Crippen molar-refractivity contribution in [3.8, 4) is 0 Å². The summed E-state index contributed by atoms with van der Waals surface area (Å²) in [6.45, 7) is 1.85. The van der Waals surface area contributed by atoms with Crippen LogP contribution in [0.2, 0.25) is 10.0 Å². The molecule has 0 spiro atoms. The van der Waals surface area contributed by atoms with Crippen LogP contribution in [-0.2, 0) is 36.7 Å². The molecule has 0 aliphatic carbocycles. The van der Waals surface area contributed by atoms with E-state index in [2.05, 4.69) is 0 Å². The van der Waals surface area contributed by atoms with Crippen LogP contribution in [0.1, 0.15) is 28.7 Å². The average Bonchev–Trinajstić information content (AvgIpc) is 2.77. The Labute approximate surface area is 204 Å². The molecule has 0 bridgehead atoms. The van der Waals surface area contributed by atoms with Gasteiger partial charge in [-0.3, -0.25) is 8.98 Å². The zero-order chi connectivity index (χ0) is 23.8. The molecule has 5 nitrogen and oxygen atoms in total. The van der Waals surface area contributed by atoms with Crippen LogP contribution in [0.15, 0.2) is 71.6 Å². The van der Waals surface area contributed by atoms with E-state index in [-0.39, 0.29) is 31.0 Å². The molecule has 8 heteroatoms. The Morgan fingerprint density at radius 1 is 0.848 bits per heavy atom. The van der Waals surface area contributed by atoms with E-state index in [1.54, 1.807) is 30.3 Å². The van der Waals surface area contributed by atoms with Crippen LogP contribution in [-0.4, -0.2) is 27.6 Å². The lowest BCUT2D eigenvalue weighted by Crippen LogP contribution is -2.13. The Morgan fingerprint density at radius 2 is 1.48 bits per heavy atom. The maximum absolute atomic E-state index is 12.3. The van der Waals surface area contributed by atoms with Crippen LogP contribution in [0.4, 0.5) is 0 Å². The van der Waals surface area contributed by atoms with Gasteiger partial charge < -0.3 is 4.74 Å². The fourth-order valence-corrected chi connectivity index (χ4v) is 4.66. The predicted octanol–water partition coefficient (Wildman–Crippen LogP) is 5.77. The summed E-state index contributed by atoms with van der Waals surface area (Å²) < 4.78 is 34.6. The van der Waals surface area contributed by atoms with Gasteiger partial charge in [-0.15, -0.1) is 0 Å². The van der Waals surface area contributed by atoms with Gasteiger partial charge in [0.15, 0.2) is 0 Å². The van der Waals surface area contributed by atoms with Gasteiger partial charge in [-0.25, -0.2) is 0 Å². The van der Waals surface area contributed by atoms with Crippen molar-refractivity contribution >= 4 is 39.3 Å². The van der Waals surface area contributed by atoms with Gasteiger partial charge in [-0.1, -0.05) is 71.2 Å². The Morgan fingerprint density at radius 3 is 2.15 bits per heavy atom. The first-order chi connectivity index (χ1) is 15.8. The minimum absolute atomic E-state index is 0.0563. The van der Waals surface area contributed by atoms with Gasteiger partial charge >= 0.3 is 5.97 Å². The monoisotopic (exact) mass is 506 g/mol. The number of benzene rings is 3. The van der Waals surface area contributed by atoms with Gasteiger partial charge in [-0.2, -0.15) is 8.42 Å². The van der Waals surface area contributed by atoms with Crippen molar-refractivity contribution in [3.63, 3.8) is 0 Å². The molecule has 33 heavy (non-hydrogen) atoms. The van der Waals surface area contributed by atoms with Crippen molar-refractivity contribution < 1.29 is 22.1 Å². The van der Waals surface area contributed by atoms with E-state index in [1.807, 2.05) is 31.2 Å². The highest BCUT2D eigenvalue weighted by molar-refractivity contribution is 7.86. The number of carbonyl (C=O) groups is 1. The highest BCUT2D eigenvalue weighted by Crippen LogP contribution is 2.28. The molecule has 0 N–H and O–H groups in total. The molecule has 0 amide bonds. The fraction of sp³-hybridized carbons (Fsp3) is 0.240. The van der Waals surface area contributed by atoms with Gasteiger partial charge in [0.2, 0.25) is 0 Å². The van der Waals surface area contributed by atoms with Crippen LogP contribution >= 0.6 is 23.2 Å².